The maximum atomic E-state index is 12.1. The molecule has 0 unspecified atom stereocenters. The lowest BCUT2D eigenvalue weighted by molar-refractivity contribution is -0.124. The summed E-state index contributed by atoms with van der Waals surface area (Å²) in [5, 5.41) is 6.79. The van der Waals surface area contributed by atoms with Crippen molar-refractivity contribution in [2.24, 2.45) is 0 Å². The predicted octanol–water partition coefficient (Wildman–Crippen LogP) is 2.24. The van der Waals surface area contributed by atoms with Gasteiger partial charge in [-0.15, -0.1) is 0 Å². The third-order valence-electron chi connectivity index (χ3n) is 3.70. The molecule has 134 valence electrons. The molecule has 3 N–H and O–H groups in total. The number of carbonyl (C=O) groups excluding carboxylic acids is 4. The van der Waals surface area contributed by atoms with E-state index in [1.807, 2.05) is 16.7 Å². The Morgan fingerprint density at radius 3 is 2.11 bits per heavy atom. The van der Waals surface area contributed by atoms with E-state index in [1.165, 1.54) is 12.2 Å². The Morgan fingerprint density at radius 2 is 1.48 bits per heavy atom. The summed E-state index contributed by atoms with van der Waals surface area (Å²) >= 11 is 0. The Kier molecular flexibility index (Phi) is 5.22. The minimum Gasteiger partial charge on any atom is -0.322 e. The summed E-state index contributed by atoms with van der Waals surface area (Å²) in [6.45, 7) is 0. The fourth-order valence-corrected chi connectivity index (χ4v) is 2.35. The zero-order valence-electron chi connectivity index (χ0n) is 14.1. The lowest BCUT2D eigenvalue weighted by Crippen LogP contribution is -2.51. The number of rotatable bonds is 4. The van der Waals surface area contributed by atoms with E-state index in [1.54, 1.807) is 54.6 Å². The molecule has 5 amide bonds. The molecule has 0 saturated carbocycles. The topological polar surface area (TPSA) is 104 Å². The number of anilines is 1. The molecule has 27 heavy (non-hydrogen) atoms. The molecular weight excluding hydrogens is 346 g/mol. The Labute approximate surface area is 154 Å². The molecule has 7 heteroatoms. The fraction of sp³-hybridized carbons (Fsp3) is 0. The molecule has 1 aliphatic rings. The average molecular weight is 361 g/mol. The number of barbiturate groups is 1. The first-order chi connectivity index (χ1) is 13.0. The van der Waals surface area contributed by atoms with Crippen LogP contribution in [0.5, 0.6) is 0 Å². The first-order valence-corrected chi connectivity index (χ1v) is 8.04. The number of carbonyl (C=O) groups is 4. The number of benzene rings is 2. The molecule has 2 aromatic rings. The number of allylic oxidation sites excluding steroid dienone is 2. The standard InChI is InChI=1S/C20H15N3O4/c24-17(14-6-2-1-3-7-14)21-15-11-9-13(10-12-15)5-4-8-16-18(25)22-20(27)23-19(16)26/h1-12H,(H,21,24)(H2,22,23,25,26,27). The van der Waals surface area contributed by atoms with E-state index in [0.29, 0.717) is 11.3 Å². The van der Waals surface area contributed by atoms with Gasteiger partial charge in [-0.3, -0.25) is 25.0 Å². The van der Waals surface area contributed by atoms with Gasteiger partial charge < -0.3 is 5.32 Å². The Bertz CT molecular complexity index is 938. The molecule has 1 saturated heterocycles. The highest BCUT2D eigenvalue weighted by Gasteiger charge is 2.26. The van der Waals surface area contributed by atoms with Crippen LogP contribution in [0.3, 0.4) is 0 Å². The number of amides is 5. The number of imide groups is 2. The third-order valence-corrected chi connectivity index (χ3v) is 3.70. The molecule has 7 nitrogen and oxygen atoms in total. The molecule has 1 aliphatic heterocycles. The van der Waals surface area contributed by atoms with Crippen molar-refractivity contribution < 1.29 is 19.2 Å². The number of nitrogens with one attached hydrogen (secondary N) is 3. The maximum Gasteiger partial charge on any atom is 0.328 e. The largest absolute Gasteiger partial charge is 0.328 e. The van der Waals surface area contributed by atoms with E-state index < -0.39 is 17.8 Å². The minimum absolute atomic E-state index is 0.155. The van der Waals surface area contributed by atoms with E-state index in [-0.39, 0.29) is 11.5 Å². The number of hydrogen-bond acceptors (Lipinski definition) is 4. The van der Waals surface area contributed by atoms with Gasteiger partial charge in [0.15, 0.2) is 0 Å². The van der Waals surface area contributed by atoms with Crippen molar-refractivity contribution in [1.82, 2.24) is 10.6 Å². The van der Waals surface area contributed by atoms with Crippen LogP contribution in [-0.4, -0.2) is 23.8 Å². The van der Waals surface area contributed by atoms with Crippen molar-refractivity contribution in [3.05, 3.63) is 83.4 Å². The van der Waals surface area contributed by atoms with Gasteiger partial charge in [0.1, 0.15) is 5.57 Å². The van der Waals surface area contributed by atoms with Gasteiger partial charge in [-0.25, -0.2) is 4.79 Å². The second-order valence-electron chi connectivity index (χ2n) is 5.62. The molecule has 2 aromatic carbocycles. The summed E-state index contributed by atoms with van der Waals surface area (Å²) in [5.74, 6) is -1.69. The van der Waals surface area contributed by atoms with Crippen molar-refractivity contribution >= 4 is 35.5 Å². The van der Waals surface area contributed by atoms with Crippen molar-refractivity contribution in [2.75, 3.05) is 5.32 Å². The van der Waals surface area contributed by atoms with Crippen LogP contribution in [0.25, 0.3) is 6.08 Å². The van der Waals surface area contributed by atoms with E-state index in [9.17, 15) is 19.2 Å². The van der Waals surface area contributed by atoms with Crippen LogP contribution in [0.2, 0.25) is 0 Å². The second kappa shape index (κ2) is 7.92. The molecular formula is C20H15N3O4. The first-order valence-electron chi connectivity index (χ1n) is 8.04. The van der Waals surface area contributed by atoms with Crippen LogP contribution >= 0.6 is 0 Å². The lowest BCUT2D eigenvalue weighted by atomic mass is 10.1. The van der Waals surface area contributed by atoms with Gasteiger partial charge in [0, 0.05) is 11.3 Å². The number of hydrogen-bond donors (Lipinski definition) is 3. The van der Waals surface area contributed by atoms with Crippen LogP contribution < -0.4 is 16.0 Å². The summed E-state index contributed by atoms with van der Waals surface area (Å²) < 4.78 is 0. The Balaban J connectivity index is 1.64. The van der Waals surface area contributed by atoms with Gasteiger partial charge in [-0.2, -0.15) is 0 Å². The molecule has 0 atom stereocenters. The van der Waals surface area contributed by atoms with Gasteiger partial charge in [-0.05, 0) is 35.9 Å². The van der Waals surface area contributed by atoms with E-state index in [4.69, 9.17) is 0 Å². The van der Waals surface area contributed by atoms with Gasteiger partial charge in [0.05, 0.1) is 0 Å². The monoisotopic (exact) mass is 361 g/mol. The number of urea groups is 1. The molecule has 1 heterocycles. The van der Waals surface area contributed by atoms with E-state index in [2.05, 4.69) is 5.32 Å². The maximum absolute atomic E-state index is 12.1. The summed E-state index contributed by atoms with van der Waals surface area (Å²) in [7, 11) is 0. The highest BCUT2D eigenvalue weighted by atomic mass is 16.2. The predicted molar refractivity (Wildman–Crippen MR) is 99.6 cm³/mol. The van der Waals surface area contributed by atoms with Gasteiger partial charge in [0.25, 0.3) is 17.7 Å². The van der Waals surface area contributed by atoms with E-state index in [0.717, 1.165) is 5.56 Å². The summed E-state index contributed by atoms with van der Waals surface area (Å²) in [6.07, 6.45) is 4.54. The van der Waals surface area contributed by atoms with E-state index >= 15 is 0 Å². The zero-order valence-corrected chi connectivity index (χ0v) is 14.1. The molecule has 3 rings (SSSR count). The Morgan fingerprint density at radius 1 is 0.852 bits per heavy atom. The quantitative estimate of drug-likeness (QED) is 0.574. The molecule has 0 spiro atoms. The van der Waals surface area contributed by atoms with Crippen molar-refractivity contribution in [3.63, 3.8) is 0 Å². The van der Waals surface area contributed by atoms with Crippen molar-refractivity contribution in [1.29, 1.82) is 0 Å². The minimum atomic E-state index is -0.834. The SMILES string of the molecule is O=C1NC(=O)C(=CC=Cc2ccc(NC(=O)c3ccccc3)cc2)C(=O)N1. The Hall–Kier alpha value is -4.00. The molecule has 0 aliphatic carbocycles. The average Bonchev–Trinajstić information content (AvgIpc) is 2.66. The summed E-state index contributed by atoms with van der Waals surface area (Å²) in [6, 6.07) is 15.1. The van der Waals surface area contributed by atoms with Crippen molar-refractivity contribution in [2.45, 2.75) is 0 Å². The normalized spacial score (nSPS) is 13.9. The van der Waals surface area contributed by atoms with Gasteiger partial charge >= 0.3 is 6.03 Å². The third kappa shape index (κ3) is 4.55. The summed E-state index contributed by atoms with van der Waals surface area (Å²) in [5.41, 5.74) is 1.86. The molecule has 0 bridgehead atoms. The van der Waals surface area contributed by atoms with Crippen LogP contribution in [0.1, 0.15) is 15.9 Å². The highest BCUT2D eigenvalue weighted by Crippen LogP contribution is 2.13. The van der Waals surface area contributed by atoms with Crippen LogP contribution in [-0.2, 0) is 9.59 Å². The van der Waals surface area contributed by atoms with Crippen LogP contribution in [0, 0.1) is 0 Å². The van der Waals surface area contributed by atoms with Crippen molar-refractivity contribution in [3.8, 4) is 0 Å². The lowest BCUT2D eigenvalue weighted by Gasteiger charge is -2.12. The molecule has 0 radical (unpaired) electrons. The highest BCUT2D eigenvalue weighted by molar-refractivity contribution is 6.29. The fourth-order valence-electron chi connectivity index (χ4n) is 2.35. The first kappa shape index (κ1) is 17.8. The smallest absolute Gasteiger partial charge is 0.322 e. The van der Waals surface area contributed by atoms with Crippen LogP contribution in [0.4, 0.5) is 10.5 Å². The molecule has 1 fully saturated rings. The molecule has 0 aromatic heterocycles. The van der Waals surface area contributed by atoms with Gasteiger partial charge in [0.2, 0.25) is 0 Å². The second-order valence-corrected chi connectivity index (χ2v) is 5.62. The summed E-state index contributed by atoms with van der Waals surface area (Å²) in [4.78, 5) is 46.3. The van der Waals surface area contributed by atoms with Gasteiger partial charge in [-0.1, -0.05) is 42.5 Å². The van der Waals surface area contributed by atoms with Crippen LogP contribution in [0.15, 0.2) is 72.3 Å². The zero-order chi connectivity index (χ0) is 19.2.